The topological polar surface area (TPSA) is 41.5 Å². The first-order valence-corrected chi connectivity index (χ1v) is 8.72. The highest BCUT2D eigenvalue weighted by atomic mass is 35.5. The van der Waals surface area contributed by atoms with E-state index in [0.29, 0.717) is 21.8 Å². The summed E-state index contributed by atoms with van der Waals surface area (Å²) in [7, 11) is 0. The quantitative estimate of drug-likeness (QED) is 0.818. The molecule has 3 nitrogen and oxygen atoms in total. The van der Waals surface area contributed by atoms with Gasteiger partial charge in [-0.3, -0.25) is 4.79 Å². The minimum atomic E-state index is -0.0221. The molecule has 1 aromatic rings. The third kappa shape index (κ3) is 4.24. The van der Waals surface area contributed by atoms with Crippen molar-refractivity contribution in [3.8, 4) is 0 Å². The van der Waals surface area contributed by atoms with E-state index in [2.05, 4.69) is 24.2 Å². The normalized spacial score (nSPS) is 20.3. The number of rotatable bonds is 6. The molecule has 1 amide bonds. The highest BCUT2D eigenvalue weighted by Gasteiger charge is 2.35. The van der Waals surface area contributed by atoms with Crippen molar-refractivity contribution in [2.75, 3.05) is 0 Å². The minimum Gasteiger partial charge on any atom is -0.304 e. The predicted octanol–water partition coefficient (Wildman–Crippen LogP) is 4.78. The summed E-state index contributed by atoms with van der Waals surface area (Å²) in [4.78, 5) is 16.7. The van der Waals surface area contributed by atoms with Crippen LogP contribution in [0.2, 0.25) is 5.02 Å². The highest BCUT2D eigenvalue weighted by Crippen LogP contribution is 2.34. The number of carbonyl (C=O) groups excluding carboxylic acids is 1. The summed E-state index contributed by atoms with van der Waals surface area (Å²) < 4.78 is 0. The number of aliphatic imine (C=N–C) groups is 1. The molecule has 114 valence electrons. The van der Waals surface area contributed by atoms with Crippen molar-refractivity contribution < 1.29 is 4.79 Å². The van der Waals surface area contributed by atoms with Crippen molar-refractivity contribution in [2.45, 2.75) is 44.8 Å². The molecule has 1 aromatic carbocycles. The zero-order valence-corrected chi connectivity index (χ0v) is 14.0. The van der Waals surface area contributed by atoms with Crippen molar-refractivity contribution in [1.29, 1.82) is 0 Å². The van der Waals surface area contributed by atoms with Crippen LogP contribution in [0.3, 0.4) is 0 Å². The molecule has 0 aromatic heterocycles. The third-order valence-electron chi connectivity index (χ3n) is 3.55. The van der Waals surface area contributed by atoms with Gasteiger partial charge in [0, 0.05) is 0 Å². The summed E-state index contributed by atoms with van der Waals surface area (Å²) in [5.41, 5.74) is 0.699. The van der Waals surface area contributed by atoms with Gasteiger partial charge in [-0.15, -0.1) is 0 Å². The molecule has 1 aliphatic heterocycles. The van der Waals surface area contributed by atoms with E-state index < -0.39 is 0 Å². The van der Waals surface area contributed by atoms with Gasteiger partial charge in [0.15, 0.2) is 5.17 Å². The van der Waals surface area contributed by atoms with Crippen molar-refractivity contribution in [1.82, 2.24) is 5.32 Å². The monoisotopic (exact) mass is 324 g/mol. The van der Waals surface area contributed by atoms with Gasteiger partial charge in [-0.1, -0.05) is 62.2 Å². The van der Waals surface area contributed by atoms with Crippen LogP contribution >= 0.6 is 23.4 Å². The Labute approximate surface area is 135 Å². The van der Waals surface area contributed by atoms with Gasteiger partial charge in [-0.25, -0.2) is 4.99 Å². The molecule has 1 fully saturated rings. The maximum absolute atomic E-state index is 12.2. The molecule has 21 heavy (non-hydrogen) atoms. The molecule has 1 N–H and O–H groups in total. The molecule has 1 unspecified atom stereocenters. The van der Waals surface area contributed by atoms with Gasteiger partial charge in [0.1, 0.15) is 0 Å². The van der Waals surface area contributed by atoms with E-state index in [4.69, 9.17) is 11.6 Å². The molecule has 0 saturated carbocycles. The second-order valence-electron chi connectivity index (χ2n) is 5.23. The number of halogens is 1. The number of hydrogen-bond donors (Lipinski definition) is 1. The molecule has 0 spiro atoms. The van der Waals surface area contributed by atoms with Crippen molar-refractivity contribution in [2.24, 2.45) is 10.9 Å². The zero-order chi connectivity index (χ0) is 15.2. The highest BCUT2D eigenvalue weighted by molar-refractivity contribution is 8.15. The number of carbonyl (C=O) groups is 1. The first kappa shape index (κ1) is 16.4. The van der Waals surface area contributed by atoms with Crippen LogP contribution in [0.5, 0.6) is 0 Å². The van der Waals surface area contributed by atoms with Gasteiger partial charge >= 0.3 is 0 Å². The molecular formula is C16H21ClN2OS. The Balaban J connectivity index is 2.13. The molecule has 1 heterocycles. The summed E-state index contributed by atoms with van der Waals surface area (Å²) in [5, 5.41) is 4.13. The second kappa shape index (κ2) is 7.85. The summed E-state index contributed by atoms with van der Waals surface area (Å²) >= 11 is 7.65. The van der Waals surface area contributed by atoms with Crippen LogP contribution in [0.25, 0.3) is 0 Å². The number of amidine groups is 1. The lowest BCUT2D eigenvalue weighted by Crippen LogP contribution is -2.29. The smallest absolute Gasteiger partial charge is 0.239 e. The number of thioether (sulfide) groups is 1. The van der Waals surface area contributed by atoms with E-state index in [1.807, 2.05) is 18.2 Å². The number of hydrogen-bond acceptors (Lipinski definition) is 3. The number of nitrogens with zero attached hydrogens (tertiary/aromatic N) is 1. The van der Waals surface area contributed by atoms with E-state index in [9.17, 15) is 4.79 Å². The minimum absolute atomic E-state index is 0.0221. The standard InChI is InChI=1S/C16H21ClN2OS/c1-3-7-11(8-4-2)14-15(20)19-16(21-14)18-13-10-6-5-9-12(13)17/h5-6,9-11,14H,3-4,7-8H2,1-2H3,(H,18,19,20). The Hall–Kier alpha value is -1.00. The van der Waals surface area contributed by atoms with Crippen molar-refractivity contribution in [3.63, 3.8) is 0 Å². The first-order valence-electron chi connectivity index (χ1n) is 7.46. The van der Waals surface area contributed by atoms with E-state index in [1.54, 1.807) is 17.8 Å². The zero-order valence-electron chi connectivity index (χ0n) is 12.4. The van der Waals surface area contributed by atoms with E-state index in [1.165, 1.54) is 0 Å². The van der Waals surface area contributed by atoms with Gasteiger partial charge < -0.3 is 5.32 Å². The molecule has 1 saturated heterocycles. The number of amides is 1. The second-order valence-corrected chi connectivity index (χ2v) is 6.77. The van der Waals surface area contributed by atoms with Crippen LogP contribution in [0.1, 0.15) is 39.5 Å². The number of benzene rings is 1. The Morgan fingerprint density at radius 1 is 1.29 bits per heavy atom. The molecule has 0 aliphatic carbocycles. The van der Waals surface area contributed by atoms with Crippen LogP contribution in [0.4, 0.5) is 5.69 Å². The van der Waals surface area contributed by atoms with E-state index in [-0.39, 0.29) is 11.2 Å². The van der Waals surface area contributed by atoms with Gasteiger partial charge in [-0.05, 0) is 30.9 Å². The first-order chi connectivity index (χ1) is 10.2. The molecule has 1 aliphatic rings. The van der Waals surface area contributed by atoms with Crippen LogP contribution in [-0.4, -0.2) is 16.3 Å². The number of para-hydroxylation sites is 1. The molecule has 0 radical (unpaired) electrons. The maximum atomic E-state index is 12.2. The van der Waals surface area contributed by atoms with Crippen molar-refractivity contribution in [3.05, 3.63) is 29.3 Å². The average Bonchev–Trinajstić information content (AvgIpc) is 2.82. The Morgan fingerprint density at radius 2 is 1.95 bits per heavy atom. The largest absolute Gasteiger partial charge is 0.304 e. The van der Waals surface area contributed by atoms with Crippen LogP contribution in [0.15, 0.2) is 29.3 Å². The average molecular weight is 325 g/mol. The Kier molecular flexibility index (Phi) is 6.12. The van der Waals surface area contributed by atoms with E-state index in [0.717, 1.165) is 25.7 Å². The molecule has 2 rings (SSSR count). The lowest BCUT2D eigenvalue weighted by Gasteiger charge is -2.18. The third-order valence-corrected chi connectivity index (χ3v) is 5.14. The van der Waals surface area contributed by atoms with Gasteiger partial charge in [0.05, 0.1) is 16.0 Å². The summed E-state index contributed by atoms with van der Waals surface area (Å²) in [6, 6.07) is 7.41. The fraction of sp³-hybridized carbons (Fsp3) is 0.500. The molecule has 1 atom stereocenters. The molecular weight excluding hydrogens is 304 g/mol. The summed E-state index contributed by atoms with van der Waals surface area (Å²) in [5.74, 6) is 0.502. The fourth-order valence-electron chi connectivity index (χ4n) is 2.58. The Morgan fingerprint density at radius 3 is 2.57 bits per heavy atom. The molecule has 0 bridgehead atoms. The SMILES string of the molecule is CCCC(CCC)C1SC(=Nc2ccccc2Cl)NC1=O. The van der Waals surface area contributed by atoms with Crippen molar-refractivity contribution >= 4 is 40.1 Å². The maximum Gasteiger partial charge on any atom is 0.239 e. The van der Waals surface area contributed by atoms with Crippen LogP contribution < -0.4 is 5.32 Å². The predicted molar refractivity (Wildman–Crippen MR) is 91.4 cm³/mol. The van der Waals surface area contributed by atoms with Crippen LogP contribution in [-0.2, 0) is 4.79 Å². The summed E-state index contributed by atoms with van der Waals surface area (Å²) in [6.45, 7) is 4.33. The van der Waals surface area contributed by atoms with Gasteiger partial charge in [0.2, 0.25) is 5.91 Å². The number of nitrogens with one attached hydrogen (secondary N) is 1. The fourth-order valence-corrected chi connectivity index (χ4v) is 3.94. The van der Waals surface area contributed by atoms with Crippen LogP contribution in [0, 0.1) is 5.92 Å². The Bertz CT molecular complexity index is 527. The molecule has 5 heteroatoms. The van der Waals surface area contributed by atoms with E-state index >= 15 is 0 Å². The summed E-state index contributed by atoms with van der Waals surface area (Å²) in [6.07, 6.45) is 4.37. The lowest BCUT2D eigenvalue weighted by atomic mass is 9.94. The lowest BCUT2D eigenvalue weighted by molar-refractivity contribution is -0.119. The van der Waals surface area contributed by atoms with Gasteiger partial charge in [-0.2, -0.15) is 0 Å². The van der Waals surface area contributed by atoms with Gasteiger partial charge in [0.25, 0.3) is 0 Å².